The first-order valence-electron chi connectivity index (χ1n) is 6.87. The van der Waals surface area contributed by atoms with Crippen molar-refractivity contribution in [2.75, 3.05) is 26.3 Å². The molecule has 0 radical (unpaired) electrons. The molecule has 0 spiro atoms. The summed E-state index contributed by atoms with van der Waals surface area (Å²) in [4.78, 5) is 13.8. The zero-order valence-electron chi connectivity index (χ0n) is 11.6. The van der Waals surface area contributed by atoms with Crippen LogP contribution in [0.2, 0.25) is 5.02 Å². The van der Waals surface area contributed by atoms with Crippen molar-refractivity contribution in [3.8, 4) is 5.75 Å². The number of likely N-dealkylation sites (tertiary alicyclic amines) is 1. The van der Waals surface area contributed by atoms with Crippen LogP contribution in [0.25, 0.3) is 0 Å². The van der Waals surface area contributed by atoms with E-state index in [1.807, 2.05) is 13.0 Å². The van der Waals surface area contributed by atoms with Crippen molar-refractivity contribution in [1.82, 2.24) is 4.90 Å². The quantitative estimate of drug-likeness (QED) is 0.927. The van der Waals surface area contributed by atoms with Gasteiger partial charge in [-0.3, -0.25) is 4.79 Å². The van der Waals surface area contributed by atoms with E-state index < -0.39 is 0 Å². The van der Waals surface area contributed by atoms with E-state index in [2.05, 4.69) is 0 Å². The van der Waals surface area contributed by atoms with Crippen LogP contribution >= 0.6 is 11.6 Å². The molecule has 1 aromatic rings. The van der Waals surface area contributed by atoms with Crippen LogP contribution in [0, 0.1) is 12.8 Å². The van der Waals surface area contributed by atoms with Gasteiger partial charge in [-0.2, -0.15) is 0 Å². The topological polar surface area (TPSA) is 49.8 Å². The van der Waals surface area contributed by atoms with Crippen molar-refractivity contribution < 1.29 is 14.6 Å². The van der Waals surface area contributed by atoms with E-state index in [9.17, 15) is 4.79 Å². The summed E-state index contributed by atoms with van der Waals surface area (Å²) in [6, 6.07) is 5.36. The summed E-state index contributed by atoms with van der Waals surface area (Å²) in [7, 11) is 0. The Morgan fingerprint density at radius 3 is 2.75 bits per heavy atom. The fourth-order valence-corrected chi connectivity index (χ4v) is 2.43. The Balaban J connectivity index is 1.81. The average Bonchev–Trinajstić information content (AvgIpc) is 2.48. The first kappa shape index (κ1) is 15.1. The highest BCUT2D eigenvalue weighted by Crippen LogP contribution is 2.21. The predicted molar refractivity (Wildman–Crippen MR) is 78.1 cm³/mol. The molecule has 1 amide bonds. The maximum absolute atomic E-state index is 12.0. The van der Waals surface area contributed by atoms with Crippen LogP contribution in [0.4, 0.5) is 0 Å². The van der Waals surface area contributed by atoms with Gasteiger partial charge in [-0.1, -0.05) is 11.6 Å². The maximum atomic E-state index is 12.0. The van der Waals surface area contributed by atoms with Gasteiger partial charge in [-0.05, 0) is 49.4 Å². The number of hydrogen-bond donors (Lipinski definition) is 1. The molecule has 1 N–H and O–H groups in total. The molecule has 0 aromatic heterocycles. The Bertz CT molecular complexity index is 470. The molecule has 5 heteroatoms. The molecule has 20 heavy (non-hydrogen) atoms. The number of rotatable bonds is 4. The number of carbonyl (C=O) groups is 1. The minimum Gasteiger partial charge on any atom is -0.484 e. The van der Waals surface area contributed by atoms with E-state index in [1.165, 1.54) is 0 Å². The van der Waals surface area contributed by atoms with E-state index in [0.29, 0.717) is 29.8 Å². The van der Waals surface area contributed by atoms with E-state index in [-0.39, 0.29) is 19.1 Å². The third kappa shape index (κ3) is 3.87. The summed E-state index contributed by atoms with van der Waals surface area (Å²) in [6.45, 7) is 3.56. The fraction of sp³-hybridized carbons (Fsp3) is 0.533. The van der Waals surface area contributed by atoms with Gasteiger partial charge in [0.25, 0.3) is 5.91 Å². The summed E-state index contributed by atoms with van der Waals surface area (Å²) in [5, 5.41) is 9.77. The zero-order valence-corrected chi connectivity index (χ0v) is 12.4. The Kier molecular flexibility index (Phi) is 5.26. The molecule has 0 aliphatic carbocycles. The SMILES string of the molecule is Cc1cc(OCC(=O)N2CCC(CO)CC2)ccc1Cl. The summed E-state index contributed by atoms with van der Waals surface area (Å²) >= 11 is 5.94. The van der Waals surface area contributed by atoms with Crippen molar-refractivity contribution in [2.45, 2.75) is 19.8 Å². The van der Waals surface area contributed by atoms with Crippen LogP contribution in [-0.2, 0) is 4.79 Å². The van der Waals surface area contributed by atoms with E-state index in [1.54, 1.807) is 17.0 Å². The standard InChI is InChI=1S/C15H20ClNO3/c1-11-8-13(2-3-14(11)16)20-10-15(19)17-6-4-12(9-18)5-7-17/h2-3,8,12,18H,4-7,9-10H2,1H3. The summed E-state index contributed by atoms with van der Waals surface area (Å²) in [5.74, 6) is 0.985. The fourth-order valence-electron chi connectivity index (χ4n) is 2.31. The summed E-state index contributed by atoms with van der Waals surface area (Å²) < 4.78 is 5.51. The highest BCUT2D eigenvalue weighted by atomic mass is 35.5. The molecule has 1 fully saturated rings. The molecule has 0 atom stereocenters. The monoisotopic (exact) mass is 297 g/mol. The average molecular weight is 298 g/mol. The van der Waals surface area contributed by atoms with Crippen LogP contribution < -0.4 is 4.74 Å². The Morgan fingerprint density at radius 1 is 1.45 bits per heavy atom. The lowest BCUT2D eigenvalue weighted by Gasteiger charge is -2.31. The van der Waals surface area contributed by atoms with Gasteiger partial charge in [-0.25, -0.2) is 0 Å². The van der Waals surface area contributed by atoms with Gasteiger partial charge in [0.2, 0.25) is 0 Å². The molecule has 0 saturated carbocycles. The van der Waals surface area contributed by atoms with Crippen LogP contribution in [-0.4, -0.2) is 42.2 Å². The molecule has 1 saturated heterocycles. The first-order valence-corrected chi connectivity index (χ1v) is 7.25. The van der Waals surface area contributed by atoms with Crippen molar-refractivity contribution in [2.24, 2.45) is 5.92 Å². The van der Waals surface area contributed by atoms with Crippen molar-refractivity contribution in [1.29, 1.82) is 0 Å². The number of carbonyl (C=O) groups excluding carboxylic acids is 1. The number of piperidine rings is 1. The second-order valence-corrected chi connectivity index (χ2v) is 5.61. The Morgan fingerprint density at radius 2 is 2.15 bits per heavy atom. The van der Waals surface area contributed by atoms with Gasteiger partial charge in [-0.15, -0.1) is 0 Å². The van der Waals surface area contributed by atoms with Crippen molar-refractivity contribution in [3.05, 3.63) is 28.8 Å². The van der Waals surface area contributed by atoms with E-state index in [4.69, 9.17) is 21.4 Å². The van der Waals surface area contributed by atoms with Crippen molar-refractivity contribution >= 4 is 17.5 Å². The molecule has 1 aliphatic heterocycles. The molecule has 2 rings (SSSR count). The number of benzene rings is 1. The number of nitrogens with zero attached hydrogens (tertiary/aromatic N) is 1. The smallest absolute Gasteiger partial charge is 0.260 e. The van der Waals surface area contributed by atoms with Gasteiger partial charge in [0.05, 0.1) is 0 Å². The third-order valence-electron chi connectivity index (χ3n) is 3.72. The lowest BCUT2D eigenvalue weighted by atomic mass is 9.98. The molecular formula is C15H20ClNO3. The second-order valence-electron chi connectivity index (χ2n) is 5.21. The molecule has 4 nitrogen and oxygen atoms in total. The van der Waals surface area contributed by atoms with E-state index >= 15 is 0 Å². The highest BCUT2D eigenvalue weighted by Gasteiger charge is 2.22. The van der Waals surface area contributed by atoms with Gasteiger partial charge < -0.3 is 14.7 Å². The lowest BCUT2D eigenvalue weighted by Crippen LogP contribution is -2.41. The van der Waals surface area contributed by atoms with Gasteiger partial charge in [0.15, 0.2) is 6.61 Å². The highest BCUT2D eigenvalue weighted by molar-refractivity contribution is 6.31. The zero-order chi connectivity index (χ0) is 14.5. The first-order chi connectivity index (χ1) is 9.60. The predicted octanol–water partition coefficient (Wildman–Crippen LogP) is 2.26. The minimum absolute atomic E-state index is 0.00556. The van der Waals surface area contributed by atoms with Gasteiger partial charge >= 0.3 is 0 Å². The van der Waals surface area contributed by atoms with Crippen LogP contribution in [0.3, 0.4) is 0 Å². The van der Waals surface area contributed by atoms with Gasteiger partial charge in [0.1, 0.15) is 5.75 Å². The molecular weight excluding hydrogens is 278 g/mol. The molecule has 1 aromatic carbocycles. The van der Waals surface area contributed by atoms with Crippen LogP contribution in [0.15, 0.2) is 18.2 Å². The molecule has 0 bridgehead atoms. The lowest BCUT2D eigenvalue weighted by molar-refractivity contribution is -0.134. The Labute approximate surface area is 124 Å². The van der Waals surface area contributed by atoms with Crippen LogP contribution in [0.1, 0.15) is 18.4 Å². The molecule has 1 heterocycles. The number of aliphatic hydroxyl groups excluding tert-OH is 1. The third-order valence-corrected chi connectivity index (χ3v) is 4.14. The number of hydrogen-bond acceptors (Lipinski definition) is 3. The number of aliphatic hydroxyl groups is 1. The van der Waals surface area contributed by atoms with E-state index in [0.717, 1.165) is 18.4 Å². The molecule has 1 aliphatic rings. The minimum atomic E-state index is -0.00556. The number of ether oxygens (including phenoxy) is 1. The van der Waals surface area contributed by atoms with Crippen molar-refractivity contribution in [3.63, 3.8) is 0 Å². The molecule has 110 valence electrons. The number of aryl methyl sites for hydroxylation is 1. The number of amides is 1. The summed E-state index contributed by atoms with van der Waals surface area (Å²) in [5.41, 5.74) is 0.931. The largest absolute Gasteiger partial charge is 0.484 e. The summed E-state index contributed by atoms with van der Waals surface area (Å²) in [6.07, 6.45) is 1.73. The van der Waals surface area contributed by atoms with Crippen LogP contribution in [0.5, 0.6) is 5.75 Å². The number of halogens is 1. The Hall–Kier alpha value is -1.26. The normalized spacial score (nSPS) is 16.2. The maximum Gasteiger partial charge on any atom is 0.260 e. The van der Waals surface area contributed by atoms with Gasteiger partial charge in [0, 0.05) is 24.7 Å². The molecule has 0 unspecified atom stereocenters. The second kappa shape index (κ2) is 6.95.